The van der Waals surface area contributed by atoms with E-state index in [0.29, 0.717) is 30.2 Å². The molecule has 1 aromatic rings. The van der Waals surface area contributed by atoms with Crippen LogP contribution in [-0.4, -0.2) is 62.0 Å². The number of likely N-dealkylation sites (tertiary alicyclic amines) is 1. The van der Waals surface area contributed by atoms with Gasteiger partial charge in [-0.1, -0.05) is 13.8 Å². The van der Waals surface area contributed by atoms with Crippen LogP contribution in [0, 0.1) is 11.8 Å². The Morgan fingerprint density at radius 2 is 1.55 bits per heavy atom. The Morgan fingerprint density at radius 3 is 2.03 bits per heavy atom. The monoisotopic (exact) mass is 431 g/mol. The van der Waals surface area contributed by atoms with E-state index in [9.17, 15) is 14.4 Å². The molecule has 2 N–H and O–H groups in total. The summed E-state index contributed by atoms with van der Waals surface area (Å²) in [5, 5.41) is 5.91. The molecule has 1 aliphatic heterocycles. The third-order valence-corrected chi connectivity index (χ3v) is 5.93. The normalized spacial score (nSPS) is 17.8. The summed E-state index contributed by atoms with van der Waals surface area (Å²) in [6, 6.07) is 4.24. The third-order valence-electron chi connectivity index (χ3n) is 5.93. The van der Waals surface area contributed by atoms with Crippen molar-refractivity contribution in [2.24, 2.45) is 11.8 Å². The van der Waals surface area contributed by atoms with Crippen molar-refractivity contribution in [2.75, 3.05) is 27.3 Å². The highest BCUT2D eigenvalue weighted by atomic mass is 16.5. The predicted octanol–water partition coefficient (Wildman–Crippen LogP) is 1.98. The summed E-state index contributed by atoms with van der Waals surface area (Å²) in [6.45, 7) is 5.13. The molecule has 0 bridgehead atoms. The lowest BCUT2D eigenvalue weighted by Gasteiger charge is -2.33. The molecular formula is C23H33N3O5. The van der Waals surface area contributed by atoms with Crippen molar-refractivity contribution < 1.29 is 23.9 Å². The minimum atomic E-state index is -0.671. The van der Waals surface area contributed by atoms with Gasteiger partial charge < -0.3 is 25.0 Å². The van der Waals surface area contributed by atoms with Crippen LogP contribution >= 0.6 is 0 Å². The van der Waals surface area contributed by atoms with Gasteiger partial charge in [0, 0.05) is 36.7 Å². The minimum Gasteiger partial charge on any atom is -0.497 e. The molecule has 1 atom stereocenters. The van der Waals surface area contributed by atoms with Crippen molar-refractivity contribution >= 4 is 17.7 Å². The van der Waals surface area contributed by atoms with Crippen LogP contribution in [0.5, 0.6) is 11.5 Å². The van der Waals surface area contributed by atoms with Gasteiger partial charge in [0.2, 0.25) is 11.8 Å². The number of rotatable bonds is 8. The van der Waals surface area contributed by atoms with E-state index in [1.54, 1.807) is 18.2 Å². The SMILES string of the molecule is COc1cc(OC)cc(C(=O)NC(C(=O)NC2CCN(C(=O)C3CC3)CC2)C(C)C)c1. The number of amides is 3. The molecule has 1 unspecified atom stereocenters. The van der Waals surface area contributed by atoms with Crippen LogP contribution < -0.4 is 20.1 Å². The first-order chi connectivity index (χ1) is 14.8. The van der Waals surface area contributed by atoms with Crippen LogP contribution in [0.1, 0.15) is 49.9 Å². The zero-order valence-corrected chi connectivity index (χ0v) is 18.8. The summed E-state index contributed by atoms with van der Waals surface area (Å²) in [6.07, 6.45) is 3.47. The van der Waals surface area contributed by atoms with Gasteiger partial charge in [-0.2, -0.15) is 0 Å². The standard InChI is InChI=1S/C23H33N3O5/c1-14(2)20(25-21(27)16-11-18(30-3)13-19(12-16)31-4)22(28)24-17-7-9-26(10-8-17)23(29)15-5-6-15/h11-15,17,20H,5-10H2,1-4H3,(H,24,28)(H,25,27). The van der Waals surface area contributed by atoms with Gasteiger partial charge in [0.15, 0.2) is 0 Å². The molecule has 8 nitrogen and oxygen atoms in total. The molecule has 3 amide bonds. The van der Waals surface area contributed by atoms with Crippen LogP contribution in [0.4, 0.5) is 0 Å². The molecular weight excluding hydrogens is 398 g/mol. The van der Waals surface area contributed by atoms with Crippen molar-refractivity contribution in [3.05, 3.63) is 23.8 Å². The third kappa shape index (κ3) is 5.89. The summed E-state index contributed by atoms with van der Waals surface area (Å²) in [4.78, 5) is 39.9. The molecule has 2 fully saturated rings. The molecule has 0 aromatic heterocycles. The van der Waals surface area contributed by atoms with Crippen molar-refractivity contribution in [3.63, 3.8) is 0 Å². The second-order valence-electron chi connectivity index (χ2n) is 8.68. The molecule has 3 rings (SSSR count). The maximum Gasteiger partial charge on any atom is 0.252 e. The first-order valence-electron chi connectivity index (χ1n) is 11.0. The van der Waals surface area contributed by atoms with Crippen molar-refractivity contribution in [1.82, 2.24) is 15.5 Å². The van der Waals surface area contributed by atoms with E-state index in [0.717, 1.165) is 25.7 Å². The van der Waals surface area contributed by atoms with Gasteiger partial charge in [0.25, 0.3) is 5.91 Å². The fourth-order valence-electron chi connectivity index (χ4n) is 3.82. The fraction of sp³-hybridized carbons (Fsp3) is 0.609. The number of carbonyl (C=O) groups excluding carboxylic acids is 3. The first kappa shape index (κ1) is 22.9. The number of hydrogen-bond acceptors (Lipinski definition) is 5. The summed E-state index contributed by atoms with van der Waals surface area (Å²) in [7, 11) is 3.04. The maximum absolute atomic E-state index is 12.9. The first-order valence-corrected chi connectivity index (χ1v) is 11.0. The largest absolute Gasteiger partial charge is 0.497 e. The van der Waals surface area contributed by atoms with Crippen LogP contribution in [0.15, 0.2) is 18.2 Å². The predicted molar refractivity (Wildman–Crippen MR) is 116 cm³/mol. The lowest BCUT2D eigenvalue weighted by Crippen LogP contribution is -2.54. The van der Waals surface area contributed by atoms with E-state index in [4.69, 9.17) is 9.47 Å². The summed E-state index contributed by atoms with van der Waals surface area (Å²) >= 11 is 0. The molecule has 0 spiro atoms. The Labute approximate surface area is 183 Å². The molecule has 1 aliphatic carbocycles. The maximum atomic E-state index is 12.9. The number of methoxy groups -OCH3 is 2. The summed E-state index contributed by atoms with van der Waals surface area (Å²) in [5.74, 6) is 0.826. The molecule has 1 heterocycles. The fourth-order valence-corrected chi connectivity index (χ4v) is 3.82. The number of hydrogen-bond donors (Lipinski definition) is 2. The second-order valence-corrected chi connectivity index (χ2v) is 8.68. The Balaban J connectivity index is 1.58. The van der Waals surface area contributed by atoms with Crippen LogP contribution in [0.3, 0.4) is 0 Å². The number of ether oxygens (including phenoxy) is 2. The lowest BCUT2D eigenvalue weighted by atomic mass is 10.00. The van der Waals surface area contributed by atoms with Gasteiger partial charge in [-0.15, -0.1) is 0 Å². The zero-order valence-electron chi connectivity index (χ0n) is 18.8. The highest BCUT2D eigenvalue weighted by Crippen LogP contribution is 2.32. The van der Waals surface area contributed by atoms with Gasteiger partial charge in [-0.05, 0) is 43.7 Å². The van der Waals surface area contributed by atoms with Gasteiger partial charge >= 0.3 is 0 Å². The summed E-state index contributed by atoms with van der Waals surface area (Å²) < 4.78 is 10.4. The topological polar surface area (TPSA) is 97.0 Å². The van der Waals surface area contributed by atoms with Gasteiger partial charge in [-0.25, -0.2) is 0 Å². The number of carbonyl (C=O) groups is 3. The Hall–Kier alpha value is -2.77. The van der Waals surface area contributed by atoms with Gasteiger partial charge in [-0.3, -0.25) is 14.4 Å². The average molecular weight is 432 g/mol. The minimum absolute atomic E-state index is 0.00539. The van der Waals surface area contributed by atoms with E-state index in [1.807, 2.05) is 18.7 Å². The molecule has 8 heteroatoms. The number of nitrogens with one attached hydrogen (secondary N) is 2. The molecule has 0 radical (unpaired) electrons. The highest BCUT2D eigenvalue weighted by Gasteiger charge is 2.35. The molecule has 1 saturated carbocycles. The Kier molecular flexibility index (Phi) is 7.41. The van der Waals surface area contributed by atoms with Crippen molar-refractivity contribution in [1.29, 1.82) is 0 Å². The molecule has 31 heavy (non-hydrogen) atoms. The Morgan fingerprint density at radius 1 is 0.968 bits per heavy atom. The van der Waals surface area contributed by atoms with Gasteiger partial charge in [0.1, 0.15) is 17.5 Å². The second kappa shape index (κ2) is 10.0. The number of piperidine rings is 1. The van der Waals surface area contributed by atoms with Gasteiger partial charge in [0.05, 0.1) is 14.2 Å². The average Bonchev–Trinajstić information content (AvgIpc) is 3.62. The van der Waals surface area contributed by atoms with E-state index in [1.165, 1.54) is 14.2 Å². The van der Waals surface area contributed by atoms with Crippen LogP contribution in [0.2, 0.25) is 0 Å². The zero-order chi connectivity index (χ0) is 22.5. The van der Waals surface area contributed by atoms with E-state index in [2.05, 4.69) is 10.6 Å². The van der Waals surface area contributed by atoms with E-state index < -0.39 is 6.04 Å². The Bertz CT molecular complexity index is 791. The molecule has 170 valence electrons. The number of nitrogens with zero attached hydrogens (tertiary/aromatic N) is 1. The van der Waals surface area contributed by atoms with E-state index >= 15 is 0 Å². The molecule has 1 saturated heterocycles. The molecule has 2 aliphatic rings. The van der Waals surface area contributed by atoms with Crippen molar-refractivity contribution in [2.45, 2.75) is 51.6 Å². The van der Waals surface area contributed by atoms with E-state index in [-0.39, 0.29) is 35.6 Å². The quantitative estimate of drug-likeness (QED) is 0.656. The van der Waals surface area contributed by atoms with Crippen LogP contribution in [-0.2, 0) is 9.59 Å². The molecule has 1 aromatic carbocycles. The highest BCUT2D eigenvalue weighted by molar-refractivity contribution is 5.98. The number of benzene rings is 1. The van der Waals surface area contributed by atoms with Crippen molar-refractivity contribution in [3.8, 4) is 11.5 Å². The van der Waals surface area contributed by atoms with Crippen LogP contribution in [0.25, 0.3) is 0 Å². The lowest BCUT2D eigenvalue weighted by molar-refractivity contribution is -0.133. The smallest absolute Gasteiger partial charge is 0.252 e. The summed E-state index contributed by atoms with van der Waals surface area (Å²) in [5.41, 5.74) is 0.363.